The van der Waals surface area contributed by atoms with Gasteiger partial charge in [0.2, 0.25) is 5.91 Å². The van der Waals surface area contributed by atoms with Gasteiger partial charge in [-0.2, -0.15) is 0 Å². The van der Waals surface area contributed by atoms with E-state index in [9.17, 15) is 14.7 Å². The maximum Gasteiger partial charge on any atom is 0.326 e. The van der Waals surface area contributed by atoms with Gasteiger partial charge in [-0.3, -0.25) is 14.6 Å². The molecule has 0 saturated carbocycles. The highest BCUT2D eigenvalue weighted by atomic mass is 35.5. The SMILES string of the molecule is CN1CC(=O)N(CCCOc2ccc(CN3CCCC(O)(COc4ccc(Cl)c(Cl)c4)CC3)cc2)C1=O. The first-order valence-corrected chi connectivity index (χ1v) is 13.3. The third kappa shape index (κ3) is 7.51. The topological polar surface area (TPSA) is 82.6 Å². The number of aliphatic hydroxyl groups is 1. The van der Waals surface area contributed by atoms with E-state index in [0.717, 1.165) is 31.8 Å². The largest absolute Gasteiger partial charge is 0.494 e. The molecule has 0 radical (unpaired) electrons. The molecule has 2 fully saturated rings. The number of imide groups is 1. The first-order chi connectivity index (χ1) is 17.7. The van der Waals surface area contributed by atoms with Crippen molar-refractivity contribution < 1.29 is 24.2 Å². The summed E-state index contributed by atoms with van der Waals surface area (Å²) in [5.41, 5.74) is 0.277. The van der Waals surface area contributed by atoms with Crippen LogP contribution in [0.2, 0.25) is 10.0 Å². The number of rotatable bonds is 10. The van der Waals surface area contributed by atoms with E-state index in [1.165, 1.54) is 15.4 Å². The molecular formula is C27H33Cl2N3O5. The molecule has 8 nitrogen and oxygen atoms in total. The summed E-state index contributed by atoms with van der Waals surface area (Å²) in [5.74, 6) is 1.18. The van der Waals surface area contributed by atoms with Crippen molar-refractivity contribution in [3.05, 3.63) is 58.1 Å². The van der Waals surface area contributed by atoms with Crippen molar-refractivity contribution in [2.45, 2.75) is 37.8 Å². The standard InChI is InChI=1S/C27H33Cl2N3O5/c1-30-18-25(33)32(26(30)34)13-3-15-36-21-6-4-20(5-7-21)17-31-12-2-10-27(35,11-14-31)19-37-22-8-9-23(28)24(29)16-22/h4-9,16,35H,2-3,10-15,17-19H2,1H3. The van der Waals surface area contributed by atoms with Crippen molar-refractivity contribution in [1.82, 2.24) is 14.7 Å². The van der Waals surface area contributed by atoms with Crippen LogP contribution in [0, 0.1) is 0 Å². The Hall–Kier alpha value is -2.52. The Morgan fingerprint density at radius 1 is 0.973 bits per heavy atom. The molecule has 10 heteroatoms. The second-order valence-corrected chi connectivity index (χ2v) is 10.6. The van der Waals surface area contributed by atoms with Crippen molar-refractivity contribution in [2.24, 2.45) is 0 Å². The molecule has 0 spiro atoms. The maximum atomic E-state index is 11.9. The Kier molecular flexibility index (Phi) is 9.18. The summed E-state index contributed by atoms with van der Waals surface area (Å²) >= 11 is 12.0. The van der Waals surface area contributed by atoms with Crippen LogP contribution in [0.1, 0.15) is 31.2 Å². The quantitative estimate of drug-likeness (QED) is 0.348. The van der Waals surface area contributed by atoms with E-state index in [0.29, 0.717) is 48.2 Å². The van der Waals surface area contributed by atoms with Gasteiger partial charge in [-0.05, 0) is 62.1 Å². The minimum absolute atomic E-state index is 0.143. The molecule has 0 aliphatic carbocycles. The molecule has 0 aromatic heterocycles. The fraction of sp³-hybridized carbons (Fsp3) is 0.481. The lowest BCUT2D eigenvalue weighted by atomic mass is 9.96. The second kappa shape index (κ2) is 12.3. The number of halogens is 2. The number of amides is 3. The number of likely N-dealkylation sites (tertiary alicyclic amines) is 1. The highest BCUT2D eigenvalue weighted by Gasteiger charge is 2.33. The van der Waals surface area contributed by atoms with Crippen molar-refractivity contribution in [1.29, 1.82) is 0 Å². The molecule has 200 valence electrons. The van der Waals surface area contributed by atoms with Gasteiger partial charge in [0.1, 0.15) is 24.7 Å². The molecule has 1 atom stereocenters. The monoisotopic (exact) mass is 549 g/mol. The lowest BCUT2D eigenvalue weighted by Gasteiger charge is -2.27. The van der Waals surface area contributed by atoms with Crippen LogP contribution in [0.3, 0.4) is 0 Å². The molecule has 4 rings (SSSR count). The van der Waals surface area contributed by atoms with Gasteiger partial charge in [-0.1, -0.05) is 35.3 Å². The third-order valence-corrected chi connectivity index (χ3v) is 7.50. The van der Waals surface area contributed by atoms with Gasteiger partial charge in [0.15, 0.2) is 0 Å². The molecule has 0 bridgehead atoms. The Bertz CT molecular complexity index is 1100. The summed E-state index contributed by atoms with van der Waals surface area (Å²) in [6.45, 7) is 3.59. The predicted octanol–water partition coefficient (Wildman–Crippen LogP) is 4.45. The van der Waals surface area contributed by atoms with E-state index in [4.69, 9.17) is 32.7 Å². The summed E-state index contributed by atoms with van der Waals surface area (Å²) in [4.78, 5) is 28.8. The zero-order valence-corrected chi connectivity index (χ0v) is 22.5. The summed E-state index contributed by atoms with van der Waals surface area (Å²) in [7, 11) is 1.62. The van der Waals surface area contributed by atoms with E-state index >= 15 is 0 Å². The Morgan fingerprint density at radius 3 is 2.43 bits per heavy atom. The summed E-state index contributed by atoms with van der Waals surface area (Å²) in [5, 5.41) is 12.0. The van der Waals surface area contributed by atoms with Crippen LogP contribution in [-0.2, 0) is 11.3 Å². The van der Waals surface area contributed by atoms with Gasteiger partial charge < -0.3 is 19.5 Å². The second-order valence-electron chi connectivity index (χ2n) is 9.75. The van der Waals surface area contributed by atoms with Gasteiger partial charge in [-0.15, -0.1) is 0 Å². The molecule has 2 heterocycles. The number of carbonyl (C=O) groups is 2. The Balaban J connectivity index is 1.19. The lowest BCUT2D eigenvalue weighted by molar-refractivity contribution is -0.125. The normalized spacial score (nSPS) is 20.9. The van der Waals surface area contributed by atoms with Gasteiger partial charge in [0.05, 0.1) is 22.3 Å². The molecule has 1 N–H and O–H groups in total. The lowest BCUT2D eigenvalue weighted by Crippen LogP contribution is -2.37. The number of hydrogen-bond acceptors (Lipinski definition) is 6. The van der Waals surface area contributed by atoms with Gasteiger partial charge in [0, 0.05) is 32.7 Å². The molecule has 2 aliphatic heterocycles. The first kappa shape index (κ1) is 27.5. The minimum Gasteiger partial charge on any atom is -0.494 e. The Labute approximate surface area is 227 Å². The van der Waals surface area contributed by atoms with E-state index < -0.39 is 5.60 Å². The Morgan fingerprint density at radius 2 is 1.73 bits per heavy atom. The van der Waals surface area contributed by atoms with E-state index in [1.54, 1.807) is 25.2 Å². The van der Waals surface area contributed by atoms with Crippen molar-refractivity contribution in [2.75, 3.05) is 46.4 Å². The van der Waals surface area contributed by atoms with Crippen molar-refractivity contribution in [3.8, 4) is 11.5 Å². The third-order valence-electron chi connectivity index (χ3n) is 6.76. The van der Waals surface area contributed by atoms with E-state index in [-0.39, 0.29) is 25.1 Å². The van der Waals surface area contributed by atoms with Gasteiger partial charge >= 0.3 is 6.03 Å². The highest BCUT2D eigenvalue weighted by Crippen LogP contribution is 2.29. The smallest absolute Gasteiger partial charge is 0.326 e. The summed E-state index contributed by atoms with van der Waals surface area (Å²) < 4.78 is 11.6. The van der Waals surface area contributed by atoms with Gasteiger partial charge in [0.25, 0.3) is 0 Å². The zero-order valence-electron chi connectivity index (χ0n) is 21.0. The van der Waals surface area contributed by atoms with Crippen LogP contribution < -0.4 is 9.47 Å². The molecular weight excluding hydrogens is 517 g/mol. The molecule has 2 aliphatic rings. The number of carbonyl (C=O) groups excluding carboxylic acids is 2. The van der Waals surface area contributed by atoms with Crippen LogP contribution in [0.25, 0.3) is 0 Å². The van der Waals surface area contributed by atoms with Crippen LogP contribution in [0.5, 0.6) is 11.5 Å². The van der Waals surface area contributed by atoms with Crippen LogP contribution in [-0.4, -0.2) is 83.8 Å². The molecule has 3 amide bonds. The molecule has 2 saturated heterocycles. The number of hydrogen-bond donors (Lipinski definition) is 1. The summed E-state index contributed by atoms with van der Waals surface area (Å²) in [6.07, 6.45) is 2.74. The minimum atomic E-state index is -0.891. The molecule has 1 unspecified atom stereocenters. The number of ether oxygens (including phenoxy) is 2. The molecule has 37 heavy (non-hydrogen) atoms. The average molecular weight is 550 g/mol. The summed E-state index contributed by atoms with van der Waals surface area (Å²) in [6, 6.07) is 12.8. The number of urea groups is 1. The van der Waals surface area contributed by atoms with Crippen molar-refractivity contribution in [3.63, 3.8) is 0 Å². The van der Waals surface area contributed by atoms with Crippen LogP contribution in [0.4, 0.5) is 4.79 Å². The number of nitrogens with zero attached hydrogens (tertiary/aromatic N) is 3. The average Bonchev–Trinajstić information content (AvgIpc) is 3.01. The van der Waals surface area contributed by atoms with Crippen LogP contribution >= 0.6 is 23.2 Å². The van der Waals surface area contributed by atoms with Gasteiger partial charge in [-0.25, -0.2) is 4.79 Å². The number of likely N-dealkylation sites (N-methyl/N-ethyl adjacent to an activating group) is 1. The highest BCUT2D eigenvalue weighted by molar-refractivity contribution is 6.42. The van der Waals surface area contributed by atoms with Crippen molar-refractivity contribution >= 4 is 35.1 Å². The number of benzene rings is 2. The predicted molar refractivity (Wildman–Crippen MR) is 142 cm³/mol. The fourth-order valence-electron chi connectivity index (χ4n) is 4.57. The van der Waals surface area contributed by atoms with E-state index in [2.05, 4.69) is 4.90 Å². The molecule has 2 aromatic rings. The molecule has 2 aromatic carbocycles. The zero-order chi connectivity index (χ0) is 26.4. The van der Waals surface area contributed by atoms with E-state index in [1.807, 2.05) is 24.3 Å². The first-order valence-electron chi connectivity index (χ1n) is 12.5. The maximum absolute atomic E-state index is 11.9. The van der Waals surface area contributed by atoms with Crippen LogP contribution in [0.15, 0.2) is 42.5 Å². The fourth-order valence-corrected chi connectivity index (χ4v) is 4.86.